The van der Waals surface area contributed by atoms with Gasteiger partial charge in [0, 0.05) is 17.1 Å². The molecule has 0 amide bonds. The summed E-state index contributed by atoms with van der Waals surface area (Å²) in [5.41, 5.74) is 3.53. The van der Waals surface area contributed by atoms with E-state index >= 15 is 0 Å². The van der Waals surface area contributed by atoms with Crippen LogP contribution in [0.4, 0.5) is 0 Å². The normalized spacial score (nSPS) is 16.2. The molecule has 0 bridgehead atoms. The molecule has 1 saturated heterocycles. The summed E-state index contributed by atoms with van der Waals surface area (Å²) in [6, 6.07) is 9.81. The number of H-pyrrole nitrogens is 1. The summed E-state index contributed by atoms with van der Waals surface area (Å²) in [6.07, 6.45) is 5.22. The summed E-state index contributed by atoms with van der Waals surface area (Å²) < 4.78 is 0. The molecule has 4 rings (SSSR count). The molecule has 0 spiro atoms. The second kappa shape index (κ2) is 6.80. The monoisotopic (exact) mass is 351 g/mol. The summed E-state index contributed by atoms with van der Waals surface area (Å²) in [5.74, 6) is -0.240. The van der Waals surface area contributed by atoms with Crippen molar-refractivity contribution in [1.29, 1.82) is 0 Å². The Kier molecular flexibility index (Phi) is 4.34. The number of likely N-dealkylation sites (tertiary alicyclic amines) is 1. The highest BCUT2D eigenvalue weighted by Gasteiger charge is 2.25. The molecule has 134 valence electrons. The maximum absolute atomic E-state index is 10.9. The SMILES string of the molecule is O=C(O)CN1CCC(c2cccc(-c3cc4ccncc4[nH]3)c2O)CC1. The Hall–Kier alpha value is -2.86. The van der Waals surface area contributed by atoms with E-state index in [1.54, 1.807) is 12.4 Å². The lowest BCUT2D eigenvalue weighted by molar-refractivity contribution is -0.138. The molecule has 3 aromatic rings. The highest BCUT2D eigenvalue weighted by molar-refractivity contribution is 5.86. The van der Waals surface area contributed by atoms with Crippen LogP contribution in [0.1, 0.15) is 24.3 Å². The first-order valence-electron chi connectivity index (χ1n) is 8.81. The second-order valence-corrected chi connectivity index (χ2v) is 6.83. The predicted molar refractivity (Wildman–Crippen MR) is 99.2 cm³/mol. The first-order chi connectivity index (χ1) is 12.6. The number of para-hydroxylation sites is 1. The van der Waals surface area contributed by atoms with E-state index in [0.29, 0.717) is 5.75 Å². The van der Waals surface area contributed by atoms with Gasteiger partial charge in [-0.3, -0.25) is 14.7 Å². The summed E-state index contributed by atoms with van der Waals surface area (Å²) in [5, 5.41) is 20.9. The van der Waals surface area contributed by atoms with Crippen molar-refractivity contribution in [2.75, 3.05) is 19.6 Å². The average Bonchev–Trinajstić information content (AvgIpc) is 3.06. The van der Waals surface area contributed by atoms with E-state index < -0.39 is 5.97 Å². The molecule has 1 aliphatic rings. The predicted octanol–water partition coefficient (Wildman–Crippen LogP) is 3.20. The van der Waals surface area contributed by atoms with Crippen molar-refractivity contribution in [3.8, 4) is 17.0 Å². The van der Waals surface area contributed by atoms with Crippen LogP contribution in [0.15, 0.2) is 42.7 Å². The number of phenolic OH excluding ortho intramolecular Hbond substituents is 1. The lowest BCUT2D eigenvalue weighted by Gasteiger charge is -2.31. The van der Waals surface area contributed by atoms with Gasteiger partial charge >= 0.3 is 5.97 Å². The highest BCUT2D eigenvalue weighted by Crippen LogP contribution is 2.39. The summed E-state index contributed by atoms with van der Waals surface area (Å²) in [7, 11) is 0. The number of pyridine rings is 1. The molecule has 26 heavy (non-hydrogen) atoms. The third-order valence-electron chi connectivity index (χ3n) is 5.17. The zero-order chi connectivity index (χ0) is 18.1. The number of carbonyl (C=O) groups is 1. The summed E-state index contributed by atoms with van der Waals surface area (Å²) in [4.78, 5) is 20.2. The number of hydrogen-bond donors (Lipinski definition) is 3. The molecule has 1 aliphatic heterocycles. The topological polar surface area (TPSA) is 89.5 Å². The Bertz CT molecular complexity index is 909. The largest absolute Gasteiger partial charge is 0.507 e. The lowest BCUT2D eigenvalue weighted by atomic mass is 9.87. The molecule has 0 atom stereocenters. The fourth-order valence-electron chi connectivity index (χ4n) is 3.82. The molecule has 3 N–H and O–H groups in total. The first-order valence-corrected chi connectivity index (χ1v) is 8.81. The van der Waals surface area contributed by atoms with Crippen molar-refractivity contribution in [3.63, 3.8) is 0 Å². The summed E-state index contributed by atoms with van der Waals surface area (Å²) in [6.45, 7) is 1.55. The Morgan fingerprint density at radius 3 is 2.81 bits per heavy atom. The number of carboxylic acids is 1. The van der Waals surface area contributed by atoms with Gasteiger partial charge in [-0.25, -0.2) is 0 Å². The van der Waals surface area contributed by atoms with E-state index in [1.165, 1.54) is 0 Å². The number of piperidine rings is 1. The number of hydrogen-bond acceptors (Lipinski definition) is 4. The van der Waals surface area contributed by atoms with Gasteiger partial charge in [0.1, 0.15) is 5.75 Å². The molecule has 6 nitrogen and oxygen atoms in total. The fourth-order valence-corrected chi connectivity index (χ4v) is 3.82. The van der Waals surface area contributed by atoms with Crippen molar-refractivity contribution in [1.82, 2.24) is 14.9 Å². The number of aliphatic carboxylic acids is 1. The number of fused-ring (bicyclic) bond motifs is 1. The second-order valence-electron chi connectivity index (χ2n) is 6.83. The number of phenols is 1. The van der Waals surface area contributed by atoms with Gasteiger partial charge < -0.3 is 15.2 Å². The third-order valence-corrected chi connectivity index (χ3v) is 5.17. The Morgan fingerprint density at radius 2 is 2.08 bits per heavy atom. The van der Waals surface area contributed by atoms with Crippen LogP contribution in [0.3, 0.4) is 0 Å². The van der Waals surface area contributed by atoms with Gasteiger partial charge in [-0.15, -0.1) is 0 Å². The van der Waals surface area contributed by atoms with Gasteiger partial charge in [0.15, 0.2) is 0 Å². The van der Waals surface area contributed by atoms with E-state index in [9.17, 15) is 9.90 Å². The fraction of sp³-hybridized carbons (Fsp3) is 0.300. The van der Waals surface area contributed by atoms with Crippen LogP contribution in [0.2, 0.25) is 0 Å². The number of aromatic hydroxyl groups is 1. The zero-order valence-corrected chi connectivity index (χ0v) is 14.4. The number of carboxylic acid groups (broad SMARTS) is 1. The standard InChI is InChI=1S/C20H21N3O3/c24-19(25)12-23-8-5-13(6-9-23)15-2-1-3-16(20(15)26)17-10-14-4-7-21-11-18(14)22-17/h1-4,7,10-11,13,22,26H,5-6,8-9,12H2,(H,24,25). The number of benzene rings is 1. The van der Waals surface area contributed by atoms with Gasteiger partial charge in [-0.2, -0.15) is 0 Å². The zero-order valence-electron chi connectivity index (χ0n) is 14.4. The van der Waals surface area contributed by atoms with Gasteiger partial charge in [-0.1, -0.05) is 12.1 Å². The number of aromatic amines is 1. The first kappa shape index (κ1) is 16.6. The van der Waals surface area contributed by atoms with Crippen LogP contribution in [0.25, 0.3) is 22.2 Å². The molecule has 0 saturated carbocycles. The van der Waals surface area contributed by atoms with Gasteiger partial charge in [0.25, 0.3) is 0 Å². The van der Waals surface area contributed by atoms with E-state index in [1.807, 2.05) is 35.2 Å². The molecular weight excluding hydrogens is 330 g/mol. The quantitative estimate of drug-likeness (QED) is 0.672. The Balaban J connectivity index is 1.59. The molecule has 3 heterocycles. The summed E-state index contributed by atoms with van der Waals surface area (Å²) >= 11 is 0. The minimum absolute atomic E-state index is 0.0852. The van der Waals surface area contributed by atoms with E-state index in [-0.39, 0.29) is 12.5 Å². The van der Waals surface area contributed by atoms with E-state index in [0.717, 1.165) is 53.7 Å². The van der Waals surface area contributed by atoms with Crippen molar-refractivity contribution in [2.24, 2.45) is 0 Å². The van der Waals surface area contributed by atoms with Crippen LogP contribution < -0.4 is 0 Å². The molecule has 6 heteroatoms. The minimum Gasteiger partial charge on any atom is -0.507 e. The molecule has 1 fully saturated rings. The van der Waals surface area contributed by atoms with Crippen LogP contribution in [0.5, 0.6) is 5.75 Å². The van der Waals surface area contributed by atoms with Crippen LogP contribution in [0, 0.1) is 0 Å². The van der Waals surface area contributed by atoms with E-state index in [2.05, 4.69) is 9.97 Å². The van der Waals surface area contributed by atoms with Gasteiger partial charge in [0.2, 0.25) is 0 Å². The number of rotatable bonds is 4. The smallest absolute Gasteiger partial charge is 0.317 e. The highest BCUT2D eigenvalue weighted by atomic mass is 16.4. The molecular formula is C20H21N3O3. The van der Waals surface area contributed by atoms with Crippen molar-refractivity contribution < 1.29 is 15.0 Å². The maximum atomic E-state index is 10.9. The van der Waals surface area contributed by atoms with Crippen molar-refractivity contribution in [3.05, 3.63) is 48.3 Å². The third kappa shape index (κ3) is 3.15. The molecule has 2 aromatic heterocycles. The van der Waals surface area contributed by atoms with E-state index in [4.69, 9.17) is 5.11 Å². The van der Waals surface area contributed by atoms with Gasteiger partial charge in [-0.05, 0) is 55.6 Å². The molecule has 0 unspecified atom stereocenters. The molecule has 1 aromatic carbocycles. The lowest BCUT2D eigenvalue weighted by Crippen LogP contribution is -2.36. The van der Waals surface area contributed by atoms with Crippen LogP contribution in [-0.2, 0) is 4.79 Å². The average molecular weight is 351 g/mol. The number of nitrogens with zero attached hydrogens (tertiary/aromatic N) is 2. The number of aromatic nitrogens is 2. The Morgan fingerprint density at radius 1 is 1.27 bits per heavy atom. The molecule has 0 aliphatic carbocycles. The van der Waals surface area contributed by atoms with Crippen LogP contribution >= 0.6 is 0 Å². The number of nitrogens with one attached hydrogen (secondary N) is 1. The Labute approximate surface area is 151 Å². The maximum Gasteiger partial charge on any atom is 0.317 e. The van der Waals surface area contributed by atoms with Crippen molar-refractivity contribution in [2.45, 2.75) is 18.8 Å². The van der Waals surface area contributed by atoms with Crippen molar-refractivity contribution >= 4 is 16.9 Å². The van der Waals surface area contributed by atoms with Crippen LogP contribution in [-0.4, -0.2) is 50.7 Å². The van der Waals surface area contributed by atoms with Gasteiger partial charge in [0.05, 0.1) is 24.0 Å². The minimum atomic E-state index is -0.790. The molecule has 0 radical (unpaired) electrons.